The van der Waals surface area contributed by atoms with Crippen LogP contribution in [0.15, 0.2) is 66.9 Å². The van der Waals surface area contributed by atoms with E-state index in [9.17, 15) is 4.79 Å². The number of carbonyl (C=O) groups excluding carboxylic acids is 1. The Balaban J connectivity index is 1.71. The van der Waals surface area contributed by atoms with Crippen LogP contribution in [0.3, 0.4) is 0 Å². The summed E-state index contributed by atoms with van der Waals surface area (Å²) in [7, 11) is 0. The van der Waals surface area contributed by atoms with Gasteiger partial charge >= 0.3 is 0 Å². The van der Waals surface area contributed by atoms with Crippen molar-refractivity contribution in [1.29, 1.82) is 0 Å². The van der Waals surface area contributed by atoms with Crippen LogP contribution >= 0.6 is 0 Å². The second-order valence-electron chi connectivity index (χ2n) is 7.12. The van der Waals surface area contributed by atoms with Gasteiger partial charge in [-0.25, -0.2) is 15.0 Å². The molecular weight excluding hydrogens is 310 g/mol. The molecule has 1 amide bonds. The van der Waals surface area contributed by atoms with Gasteiger partial charge < -0.3 is 0 Å². The van der Waals surface area contributed by atoms with Crippen molar-refractivity contribution in [3.05, 3.63) is 72.4 Å². The number of carbonyl (C=O) groups is 1. The summed E-state index contributed by atoms with van der Waals surface area (Å²) in [5.74, 6) is 0.767. The Labute approximate surface area is 147 Å². The Bertz CT molecular complexity index is 921. The molecule has 0 spiro atoms. The SMILES string of the molecule is CC1(C)CC(=O)N(c2ccccn2)N1Cc1ccc2ccccc2c1. The van der Waals surface area contributed by atoms with E-state index in [1.54, 1.807) is 11.2 Å². The summed E-state index contributed by atoms with van der Waals surface area (Å²) in [6, 6.07) is 20.5. The van der Waals surface area contributed by atoms with Crippen LogP contribution in [0.1, 0.15) is 25.8 Å². The molecule has 3 aromatic rings. The van der Waals surface area contributed by atoms with Gasteiger partial charge in [-0.3, -0.25) is 4.79 Å². The highest BCUT2D eigenvalue weighted by Gasteiger charge is 2.44. The maximum atomic E-state index is 12.6. The smallest absolute Gasteiger partial charge is 0.244 e. The van der Waals surface area contributed by atoms with E-state index in [4.69, 9.17) is 0 Å². The van der Waals surface area contributed by atoms with Crippen LogP contribution < -0.4 is 5.01 Å². The van der Waals surface area contributed by atoms with E-state index in [2.05, 4.69) is 60.2 Å². The van der Waals surface area contributed by atoms with Crippen LogP contribution in [0.2, 0.25) is 0 Å². The Kier molecular flexibility index (Phi) is 3.77. The fraction of sp³-hybridized carbons (Fsp3) is 0.238. The molecule has 0 saturated carbocycles. The number of hydrazine groups is 1. The number of hydrogen-bond acceptors (Lipinski definition) is 3. The standard InChI is InChI=1S/C21H21N3O/c1-21(2)14-20(25)24(19-9-5-6-12-22-19)23(21)15-16-10-11-17-7-3-4-8-18(17)13-16/h3-13H,14-15H2,1-2H3. The third-order valence-electron chi connectivity index (χ3n) is 4.77. The monoisotopic (exact) mass is 331 g/mol. The van der Waals surface area contributed by atoms with Gasteiger partial charge in [0.25, 0.3) is 0 Å². The van der Waals surface area contributed by atoms with Crippen molar-refractivity contribution in [3.8, 4) is 0 Å². The minimum atomic E-state index is -0.250. The van der Waals surface area contributed by atoms with Crippen molar-refractivity contribution in [3.63, 3.8) is 0 Å². The molecule has 1 fully saturated rings. The zero-order chi connectivity index (χ0) is 17.4. The molecule has 2 aromatic carbocycles. The molecule has 0 radical (unpaired) electrons. The lowest BCUT2D eigenvalue weighted by molar-refractivity contribution is -0.118. The van der Waals surface area contributed by atoms with Gasteiger partial charge in [-0.1, -0.05) is 42.5 Å². The molecule has 0 N–H and O–H groups in total. The van der Waals surface area contributed by atoms with Gasteiger partial charge in [0.2, 0.25) is 5.91 Å². The summed E-state index contributed by atoms with van der Waals surface area (Å²) in [6.45, 7) is 4.88. The summed E-state index contributed by atoms with van der Waals surface area (Å²) >= 11 is 0. The molecule has 1 saturated heterocycles. The first kappa shape index (κ1) is 15.8. The van der Waals surface area contributed by atoms with E-state index in [0.29, 0.717) is 18.8 Å². The number of fused-ring (bicyclic) bond motifs is 1. The summed E-state index contributed by atoms with van der Waals surface area (Å²) in [5, 5.41) is 6.30. The van der Waals surface area contributed by atoms with Crippen LogP contribution in [-0.2, 0) is 11.3 Å². The van der Waals surface area contributed by atoms with Gasteiger partial charge in [0.05, 0.1) is 0 Å². The zero-order valence-electron chi connectivity index (χ0n) is 14.5. The molecule has 0 aliphatic carbocycles. The molecule has 4 rings (SSSR count). The quantitative estimate of drug-likeness (QED) is 0.723. The van der Waals surface area contributed by atoms with E-state index in [1.165, 1.54) is 16.3 Å². The predicted molar refractivity (Wildman–Crippen MR) is 99.9 cm³/mol. The number of amides is 1. The second kappa shape index (κ2) is 5.97. The van der Waals surface area contributed by atoms with Gasteiger partial charge in [-0.15, -0.1) is 0 Å². The first-order chi connectivity index (χ1) is 12.0. The van der Waals surface area contributed by atoms with E-state index < -0.39 is 0 Å². The molecule has 126 valence electrons. The van der Waals surface area contributed by atoms with Crippen molar-refractivity contribution in [2.75, 3.05) is 5.01 Å². The lowest BCUT2D eigenvalue weighted by atomic mass is 10.0. The molecule has 4 nitrogen and oxygen atoms in total. The maximum absolute atomic E-state index is 12.6. The van der Waals surface area contributed by atoms with Gasteiger partial charge in [0.15, 0.2) is 0 Å². The summed E-state index contributed by atoms with van der Waals surface area (Å²) in [4.78, 5) is 17.0. The summed E-state index contributed by atoms with van der Waals surface area (Å²) in [5.41, 5.74) is 0.933. The molecule has 1 aromatic heterocycles. The van der Waals surface area contributed by atoms with Crippen LogP contribution in [0.5, 0.6) is 0 Å². The van der Waals surface area contributed by atoms with Gasteiger partial charge in [0, 0.05) is 24.7 Å². The highest BCUT2D eigenvalue weighted by molar-refractivity contribution is 5.94. The Morgan fingerprint density at radius 1 is 1.00 bits per heavy atom. The molecular formula is C21H21N3O. The van der Waals surface area contributed by atoms with E-state index >= 15 is 0 Å². The lowest BCUT2D eigenvalue weighted by Gasteiger charge is -2.35. The molecule has 25 heavy (non-hydrogen) atoms. The van der Waals surface area contributed by atoms with Crippen LogP contribution in [0.4, 0.5) is 5.82 Å². The van der Waals surface area contributed by atoms with E-state index in [0.717, 1.165) is 0 Å². The average molecular weight is 331 g/mol. The lowest BCUT2D eigenvalue weighted by Crippen LogP contribution is -2.47. The highest BCUT2D eigenvalue weighted by Crippen LogP contribution is 2.34. The first-order valence-electron chi connectivity index (χ1n) is 8.54. The van der Waals surface area contributed by atoms with Crippen molar-refractivity contribution >= 4 is 22.5 Å². The average Bonchev–Trinajstić information content (AvgIpc) is 2.84. The number of benzene rings is 2. The molecule has 2 heterocycles. The molecule has 1 aliphatic heterocycles. The summed E-state index contributed by atoms with van der Waals surface area (Å²) < 4.78 is 0. The Morgan fingerprint density at radius 3 is 2.52 bits per heavy atom. The Hall–Kier alpha value is -2.72. The molecule has 1 aliphatic rings. The number of nitrogens with zero attached hydrogens (tertiary/aromatic N) is 3. The largest absolute Gasteiger partial charge is 0.273 e. The predicted octanol–water partition coefficient (Wildman–Crippen LogP) is 4.17. The minimum absolute atomic E-state index is 0.0875. The topological polar surface area (TPSA) is 36.4 Å². The third kappa shape index (κ3) is 2.89. The van der Waals surface area contributed by atoms with Gasteiger partial charge in [0.1, 0.15) is 5.82 Å². The molecule has 0 atom stereocenters. The second-order valence-corrected chi connectivity index (χ2v) is 7.12. The summed E-state index contributed by atoms with van der Waals surface area (Å²) in [6.07, 6.45) is 2.21. The Morgan fingerprint density at radius 2 is 1.76 bits per heavy atom. The third-order valence-corrected chi connectivity index (χ3v) is 4.77. The number of rotatable bonds is 3. The van der Waals surface area contributed by atoms with Crippen molar-refractivity contribution < 1.29 is 4.79 Å². The van der Waals surface area contributed by atoms with Crippen molar-refractivity contribution in [1.82, 2.24) is 9.99 Å². The molecule has 0 unspecified atom stereocenters. The van der Waals surface area contributed by atoms with Crippen LogP contribution in [0.25, 0.3) is 10.8 Å². The van der Waals surface area contributed by atoms with Gasteiger partial charge in [-0.2, -0.15) is 0 Å². The van der Waals surface area contributed by atoms with Crippen LogP contribution in [-0.4, -0.2) is 21.4 Å². The molecule has 0 bridgehead atoms. The highest BCUT2D eigenvalue weighted by atomic mass is 16.2. The number of anilines is 1. The van der Waals surface area contributed by atoms with Crippen LogP contribution in [0, 0.1) is 0 Å². The molecule has 4 heteroatoms. The fourth-order valence-corrected chi connectivity index (χ4v) is 3.47. The van der Waals surface area contributed by atoms with Crippen molar-refractivity contribution in [2.45, 2.75) is 32.4 Å². The zero-order valence-corrected chi connectivity index (χ0v) is 14.5. The van der Waals surface area contributed by atoms with E-state index in [-0.39, 0.29) is 11.4 Å². The minimum Gasteiger partial charge on any atom is -0.273 e. The number of hydrogen-bond donors (Lipinski definition) is 0. The van der Waals surface area contributed by atoms with Gasteiger partial charge in [-0.05, 0) is 48.4 Å². The van der Waals surface area contributed by atoms with Crippen molar-refractivity contribution in [2.24, 2.45) is 0 Å². The number of pyridine rings is 1. The first-order valence-corrected chi connectivity index (χ1v) is 8.54. The normalized spacial score (nSPS) is 17.4. The van der Waals surface area contributed by atoms with E-state index in [1.807, 2.05) is 24.3 Å². The maximum Gasteiger partial charge on any atom is 0.244 e. The number of aromatic nitrogens is 1. The fourth-order valence-electron chi connectivity index (χ4n) is 3.47.